The summed E-state index contributed by atoms with van der Waals surface area (Å²) in [5.41, 5.74) is 5.71. The van der Waals surface area contributed by atoms with E-state index in [0.717, 1.165) is 11.1 Å². The second-order valence-electron chi connectivity index (χ2n) is 7.32. The molecular formula is C25H23ClN4O4S. The molecule has 0 amide bonds. The molecule has 0 bridgehead atoms. The SMILES string of the molecule is CCOC(=O)Cc1csc(NN=Cc2ccccc2OCc2nc(-c3ccccc3Cl)oc2C)n1. The minimum absolute atomic E-state index is 0.131. The molecular weight excluding hydrogens is 488 g/mol. The van der Waals surface area contributed by atoms with Gasteiger partial charge in [-0.15, -0.1) is 11.3 Å². The molecule has 0 aliphatic carbocycles. The number of esters is 1. The molecule has 0 spiro atoms. The monoisotopic (exact) mass is 510 g/mol. The molecule has 0 aliphatic heterocycles. The third kappa shape index (κ3) is 6.46. The number of nitrogens with zero attached hydrogens (tertiary/aromatic N) is 3. The van der Waals surface area contributed by atoms with Crippen LogP contribution in [0.3, 0.4) is 0 Å². The minimum atomic E-state index is -0.305. The van der Waals surface area contributed by atoms with Gasteiger partial charge in [-0.2, -0.15) is 5.10 Å². The number of carbonyl (C=O) groups excluding carboxylic acids is 1. The quantitative estimate of drug-likeness (QED) is 0.161. The van der Waals surface area contributed by atoms with Gasteiger partial charge in [0.25, 0.3) is 0 Å². The number of carbonyl (C=O) groups is 1. The van der Waals surface area contributed by atoms with Gasteiger partial charge in [-0.1, -0.05) is 35.9 Å². The minimum Gasteiger partial charge on any atom is -0.486 e. The number of benzene rings is 2. The molecule has 4 rings (SSSR count). The zero-order valence-corrected chi connectivity index (χ0v) is 20.7. The van der Waals surface area contributed by atoms with Crippen LogP contribution in [0.1, 0.15) is 29.6 Å². The van der Waals surface area contributed by atoms with Crippen LogP contribution in [-0.2, 0) is 22.6 Å². The smallest absolute Gasteiger partial charge is 0.311 e. The highest BCUT2D eigenvalue weighted by Gasteiger charge is 2.15. The number of para-hydroxylation sites is 1. The van der Waals surface area contributed by atoms with Crippen molar-refractivity contribution in [2.24, 2.45) is 5.10 Å². The fourth-order valence-corrected chi connectivity index (χ4v) is 4.01. The normalized spacial score (nSPS) is 11.1. The fourth-order valence-electron chi connectivity index (χ4n) is 3.13. The molecule has 0 unspecified atom stereocenters. The van der Waals surface area contributed by atoms with Crippen LogP contribution >= 0.6 is 22.9 Å². The van der Waals surface area contributed by atoms with Crippen molar-refractivity contribution < 1.29 is 18.7 Å². The predicted molar refractivity (Wildman–Crippen MR) is 136 cm³/mol. The summed E-state index contributed by atoms with van der Waals surface area (Å²) in [6.07, 6.45) is 1.78. The Morgan fingerprint density at radius 3 is 2.83 bits per heavy atom. The lowest BCUT2D eigenvalue weighted by atomic mass is 10.2. The average molecular weight is 511 g/mol. The first kappa shape index (κ1) is 24.4. The fraction of sp³-hybridized carbons (Fsp3) is 0.200. The largest absolute Gasteiger partial charge is 0.486 e. The number of aryl methyl sites for hydroxylation is 1. The number of halogens is 1. The Kier molecular flexibility index (Phi) is 8.12. The van der Waals surface area contributed by atoms with Crippen molar-refractivity contribution in [2.45, 2.75) is 26.9 Å². The number of anilines is 1. The Morgan fingerprint density at radius 1 is 1.20 bits per heavy atom. The Bertz CT molecular complexity index is 1330. The summed E-state index contributed by atoms with van der Waals surface area (Å²) < 4.78 is 16.8. The molecule has 1 N–H and O–H groups in total. The van der Waals surface area contributed by atoms with E-state index in [9.17, 15) is 4.79 Å². The van der Waals surface area contributed by atoms with Crippen LogP contribution in [0, 0.1) is 6.92 Å². The number of rotatable bonds is 10. The molecule has 2 aromatic heterocycles. The number of hydrazone groups is 1. The van der Waals surface area contributed by atoms with Crippen LogP contribution in [-0.4, -0.2) is 28.8 Å². The van der Waals surface area contributed by atoms with Crippen molar-refractivity contribution in [3.05, 3.63) is 81.6 Å². The number of hydrogen-bond donors (Lipinski definition) is 1. The maximum Gasteiger partial charge on any atom is 0.311 e. The molecule has 35 heavy (non-hydrogen) atoms. The van der Waals surface area contributed by atoms with Gasteiger partial charge in [0.15, 0.2) is 0 Å². The number of hydrogen-bond acceptors (Lipinski definition) is 9. The van der Waals surface area contributed by atoms with Gasteiger partial charge in [-0.3, -0.25) is 10.2 Å². The summed E-state index contributed by atoms with van der Waals surface area (Å²) in [7, 11) is 0. The van der Waals surface area contributed by atoms with Gasteiger partial charge in [-0.05, 0) is 38.1 Å². The second-order valence-corrected chi connectivity index (χ2v) is 8.59. The van der Waals surface area contributed by atoms with E-state index in [1.807, 2.05) is 49.4 Å². The summed E-state index contributed by atoms with van der Waals surface area (Å²) in [6.45, 7) is 4.18. The Labute approximate surface area is 211 Å². The van der Waals surface area contributed by atoms with Crippen molar-refractivity contribution in [2.75, 3.05) is 12.0 Å². The van der Waals surface area contributed by atoms with E-state index in [2.05, 4.69) is 20.5 Å². The van der Waals surface area contributed by atoms with E-state index >= 15 is 0 Å². The molecule has 0 radical (unpaired) electrons. The highest BCUT2D eigenvalue weighted by atomic mass is 35.5. The van der Waals surface area contributed by atoms with E-state index in [4.69, 9.17) is 25.5 Å². The molecule has 0 aliphatic rings. The lowest BCUT2D eigenvalue weighted by molar-refractivity contribution is -0.142. The van der Waals surface area contributed by atoms with Crippen molar-refractivity contribution in [3.8, 4) is 17.2 Å². The molecule has 180 valence electrons. The summed E-state index contributed by atoms with van der Waals surface area (Å²) in [5, 5.41) is 7.20. The third-order valence-corrected chi connectivity index (χ3v) is 5.95. The summed E-state index contributed by atoms with van der Waals surface area (Å²) in [4.78, 5) is 20.5. The van der Waals surface area contributed by atoms with Crippen LogP contribution in [0.2, 0.25) is 5.02 Å². The van der Waals surface area contributed by atoms with Crippen molar-refractivity contribution in [1.29, 1.82) is 0 Å². The van der Waals surface area contributed by atoms with Gasteiger partial charge in [0.2, 0.25) is 11.0 Å². The van der Waals surface area contributed by atoms with Crippen LogP contribution in [0.25, 0.3) is 11.5 Å². The molecule has 2 heterocycles. The van der Waals surface area contributed by atoms with Crippen molar-refractivity contribution >= 4 is 40.3 Å². The number of nitrogens with one attached hydrogen (secondary N) is 1. The Morgan fingerprint density at radius 2 is 2.00 bits per heavy atom. The van der Waals surface area contributed by atoms with Crippen molar-refractivity contribution in [3.63, 3.8) is 0 Å². The van der Waals surface area contributed by atoms with Gasteiger partial charge in [0.1, 0.15) is 23.8 Å². The van der Waals surface area contributed by atoms with E-state index in [-0.39, 0.29) is 19.0 Å². The van der Waals surface area contributed by atoms with Gasteiger partial charge in [-0.25, -0.2) is 9.97 Å². The maximum absolute atomic E-state index is 11.6. The highest BCUT2D eigenvalue weighted by Crippen LogP contribution is 2.29. The van der Waals surface area contributed by atoms with Crippen LogP contribution < -0.4 is 10.2 Å². The number of ether oxygens (including phenoxy) is 2. The van der Waals surface area contributed by atoms with Crippen LogP contribution in [0.15, 0.2) is 63.4 Å². The second kappa shape index (κ2) is 11.6. The lowest BCUT2D eigenvalue weighted by Gasteiger charge is -2.07. The first-order valence-corrected chi connectivity index (χ1v) is 12.1. The zero-order valence-electron chi connectivity index (χ0n) is 19.2. The summed E-state index contributed by atoms with van der Waals surface area (Å²) in [5.74, 6) is 1.45. The average Bonchev–Trinajstić information content (AvgIpc) is 3.44. The third-order valence-electron chi connectivity index (χ3n) is 4.83. The molecule has 0 saturated heterocycles. The van der Waals surface area contributed by atoms with E-state index in [1.165, 1.54) is 11.3 Å². The summed E-state index contributed by atoms with van der Waals surface area (Å²) >= 11 is 7.62. The van der Waals surface area contributed by atoms with Crippen molar-refractivity contribution in [1.82, 2.24) is 9.97 Å². The van der Waals surface area contributed by atoms with Gasteiger partial charge >= 0.3 is 5.97 Å². The predicted octanol–water partition coefficient (Wildman–Crippen LogP) is 5.89. The number of thiazole rings is 1. The van der Waals surface area contributed by atoms with Gasteiger partial charge in [0.05, 0.1) is 35.5 Å². The topological polar surface area (TPSA) is 98.8 Å². The van der Waals surface area contributed by atoms with E-state index in [0.29, 0.717) is 45.5 Å². The van der Waals surface area contributed by atoms with Gasteiger partial charge in [0, 0.05) is 10.9 Å². The van der Waals surface area contributed by atoms with Gasteiger partial charge < -0.3 is 13.9 Å². The highest BCUT2D eigenvalue weighted by molar-refractivity contribution is 7.13. The summed E-state index contributed by atoms with van der Waals surface area (Å²) in [6, 6.07) is 14.9. The van der Waals surface area contributed by atoms with Crippen LogP contribution in [0.4, 0.5) is 5.13 Å². The number of aromatic nitrogens is 2. The molecule has 10 heteroatoms. The Balaban J connectivity index is 1.39. The zero-order chi connectivity index (χ0) is 24.6. The van der Waals surface area contributed by atoms with E-state index in [1.54, 1.807) is 24.6 Å². The Hall–Kier alpha value is -3.69. The first-order chi connectivity index (χ1) is 17.0. The van der Waals surface area contributed by atoms with Crippen LogP contribution in [0.5, 0.6) is 5.75 Å². The number of oxazole rings is 1. The molecule has 2 aromatic carbocycles. The standard InChI is InChI=1S/C25H23ClN4O4S/c1-3-32-23(31)12-18-15-35-25(28-18)30-27-13-17-8-4-7-11-22(17)33-14-21-16(2)34-24(29-21)19-9-5-6-10-20(19)26/h4-11,13,15H,3,12,14H2,1-2H3,(H,28,30). The molecule has 4 aromatic rings. The first-order valence-electron chi connectivity index (χ1n) is 10.9. The molecule has 0 atom stereocenters. The maximum atomic E-state index is 11.6. The molecule has 8 nitrogen and oxygen atoms in total. The molecule has 0 fully saturated rings. The lowest BCUT2D eigenvalue weighted by Crippen LogP contribution is -2.07. The van der Waals surface area contributed by atoms with E-state index < -0.39 is 0 Å². The molecule has 0 saturated carbocycles.